The minimum atomic E-state index is 0. The van der Waals surface area contributed by atoms with E-state index in [2.05, 4.69) is 27.0 Å². The van der Waals surface area contributed by atoms with E-state index in [1.807, 2.05) is 25.2 Å². The molecule has 1 heterocycles. The Hall–Kier alpha value is -1.22. The number of piperazine rings is 1. The molecular formula is C18H31IN4O2. The number of nitrogens with zero attached hydrogens (tertiary/aromatic N) is 3. The van der Waals surface area contributed by atoms with Gasteiger partial charge in [0.05, 0.1) is 12.3 Å². The summed E-state index contributed by atoms with van der Waals surface area (Å²) in [7, 11) is 1.82. The van der Waals surface area contributed by atoms with Crippen molar-refractivity contribution in [1.82, 2.24) is 10.2 Å². The molecule has 1 aromatic carbocycles. The maximum atomic E-state index is 9.98. The number of aromatic hydroxyl groups is 1. The van der Waals surface area contributed by atoms with E-state index >= 15 is 0 Å². The SMILES string of the molecule is CCCCOCCNC(=NC)N1CCN(c2ccccc2O)CC1.I. The number of halogens is 1. The molecule has 1 saturated heterocycles. The first kappa shape index (κ1) is 21.8. The zero-order valence-corrected chi connectivity index (χ0v) is 17.6. The van der Waals surface area contributed by atoms with Crippen LogP contribution in [0.15, 0.2) is 29.3 Å². The monoisotopic (exact) mass is 462 g/mol. The van der Waals surface area contributed by atoms with Crippen LogP contribution in [0.4, 0.5) is 5.69 Å². The van der Waals surface area contributed by atoms with Crippen LogP contribution in [0.5, 0.6) is 5.75 Å². The zero-order chi connectivity index (χ0) is 17.2. The van der Waals surface area contributed by atoms with Crippen molar-refractivity contribution in [2.24, 2.45) is 4.99 Å². The smallest absolute Gasteiger partial charge is 0.193 e. The predicted molar refractivity (Wildman–Crippen MR) is 114 cm³/mol. The Kier molecular flexibility index (Phi) is 10.6. The molecule has 2 rings (SSSR count). The summed E-state index contributed by atoms with van der Waals surface area (Å²) in [6.45, 7) is 7.97. The normalized spacial score (nSPS) is 15.0. The molecule has 0 radical (unpaired) electrons. The highest BCUT2D eigenvalue weighted by Gasteiger charge is 2.21. The Bertz CT molecular complexity index is 520. The van der Waals surface area contributed by atoms with Gasteiger partial charge in [-0.2, -0.15) is 0 Å². The number of benzene rings is 1. The Balaban J connectivity index is 0.00000312. The first-order valence-corrected chi connectivity index (χ1v) is 8.82. The van der Waals surface area contributed by atoms with Gasteiger partial charge in [-0.3, -0.25) is 4.99 Å². The van der Waals surface area contributed by atoms with Crippen molar-refractivity contribution in [3.63, 3.8) is 0 Å². The fourth-order valence-electron chi connectivity index (χ4n) is 2.81. The van der Waals surface area contributed by atoms with E-state index in [9.17, 15) is 5.11 Å². The number of hydrogen-bond donors (Lipinski definition) is 2. The van der Waals surface area contributed by atoms with Crippen molar-refractivity contribution in [2.45, 2.75) is 19.8 Å². The number of ether oxygens (including phenoxy) is 1. The van der Waals surface area contributed by atoms with Crippen LogP contribution in [0.1, 0.15) is 19.8 Å². The Morgan fingerprint density at radius 3 is 2.56 bits per heavy atom. The molecule has 2 N–H and O–H groups in total. The van der Waals surface area contributed by atoms with Crippen LogP contribution in [-0.2, 0) is 4.74 Å². The van der Waals surface area contributed by atoms with E-state index in [0.717, 1.165) is 63.8 Å². The van der Waals surface area contributed by atoms with Crippen molar-refractivity contribution in [1.29, 1.82) is 0 Å². The molecule has 0 atom stereocenters. The van der Waals surface area contributed by atoms with Gasteiger partial charge in [-0.15, -0.1) is 24.0 Å². The third-order valence-electron chi connectivity index (χ3n) is 4.19. The van der Waals surface area contributed by atoms with Gasteiger partial charge in [-0.25, -0.2) is 0 Å². The third kappa shape index (κ3) is 6.89. The number of anilines is 1. The van der Waals surface area contributed by atoms with Crippen molar-refractivity contribution >= 4 is 35.6 Å². The number of rotatable bonds is 7. The molecule has 0 saturated carbocycles. The van der Waals surface area contributed by atoms with Gasteiger partial charge in [-0.1, -0.05) is 25.5 Å². The van der Waals surface area contributed by atoms with Crippen LogP contribution in [0.25, 0.3) is 0 Å². The Morgan fingerprint density at radius 1 is 1.20 bits per heavy atom. The Labute approximate surface area is 168 Å². The number of guanidine groups is 1. The molecule has 0 bridgehead atoms. The second-order valence-corrected chi connectivity index (χ2v) is 5.90. The highest BCUT2D eigenvalue weighted by Crippen LogP contribution is 2.27. The van der Waals surface area contributed by atoms with E-state index in [4.69, 9.17) is 4.74 Å². The molecule has 1 aliphatic rings. The highest BCUT2D eigenvalue weighted by atomic mass is 127. The van der Waals surface area contributed by atoms with Gasteiger partial charge >= 0.3 is 0 Å². The highest BCUT2D eigenvalue weighted by molar-refractivity contribution is 14.0. The zero-order valence-electron chi connectivity index (χ0n) is 15.3. The largest absolute Gasteiger partial charge is 0.506 e. The lowest BCUT2D eigenvalue weighted by Gasteiger charge is -2.37. The van der Waals surface area contributed by atoms with E-state index in [1.165, 1.54) is 0 Å². The molecule has 1 aliphatic heterocycles. The summed E-state index contributed by atoms with van der Waals surface area (Å²) in [5.74, 6) is 1.27. The average Bonchev–Trinajstić information content (AvgIpc) is 2.62. The Morgan fingerprint density at radius 2 is 1.92 bits per heavy atom. The molecule has 0 spiro atoms. The van der Waals surface area contributed by atoms with Gasteiger partial charge in [0, 0.05) is 46.4 Å². The summed E-state index contributed by atoms with van der Waals surface area (Å²) in [5, 5.41) is 13.3. The second-order valence-electron chi connectivity index (χ2n) is 5.90. The number of aliphatic imine (C=N–C) groups is 1. The van der Waals surface area contributed by atoms with Crippen LogP contribution >= 0.6 is 24.0 Å². The minimum Gasteiger partial charge on any atom is -0.506 e. The van der Waals surface area contributed by atoms with E-state index in [-0.39, 0.29) is 24.0 Å². The molecule has 1 aromatic rings. The predicted octanol–water partition coefficient (Wildman–Crippen LogP) is 2.52. The summed E-state index contributed by atoms with van der Waals surface area (Å²) < 4.78 is 5.57. The van der Waals surface area contributed by atoms with Crippen LogP contribution in [0.3, 0.4) is 0 Å². The number of unbranched alkanes of at least 4 members (excludes halogenated alkanes) is 1. The molecule has 0 aliphatic carbocycles. The van der Waals surface area contributed by atoms with Crippen molar-refractivity contribution in [2.75, 3.05) is 57.9 Å². The van der Waals surface area contributed by atoms with Crippen molar-refractivity contribution in [3.05, 3.63) is 24.3 Å². The fraction of sp³-hybridized carbons (Fsp3) is 0.611. The van der Waals surface area contributed by atoms with Crippen LogP contribution < -0.4 is 10.2 Å². The van der Waals surface area contributed by atoms with E-state index < -0.39 is 0 Å². The first-order valence-electron chi connectivity index (χ1n) is 8.82. The summed E-state index contributed by atoms with van der Waals surface area (Å²) in [4.78, 5) is 8.84. The number of hydrogen-bond acceptors (Lipinski definition) is 4. The second kappa shape index (κ2) is 12.2. The fourth-order valence-corrected chi connectivity index (χ4v) is 2.81. The molecule has 7 heteroatoms. The molecule has 1 fully saturated rings. The summed E-state index contributed by atoms with van der Waals surface area (Å²) in [5.41, 5.74) is 0.907. The minimum absolute atomic E-state index is 0. The molecule has 142 valence electrons. The van der Waals surface area contributed by atoms with Gasteiger partial charge in [0.25, 0.3) is 0 Å². The quantitative estimate of drug-likeness (QED) is 0.282. The lowest BCUT2D eigenvalue weighted by atomic mass is 10.2. The van der Waals surface area contributed by atoms with E-state index in [0.29, 0.717) is 12.4 Å². The third-order valence-corrected chi connectivity index (χ3v) is 4.19. The topological polar surface area (TPSA) is 60.3 Å². The maximum absolute atomic E-state index is 9.98. The molecular weight excluding hydrogens is 431 g/mol. The van der Waals surface area contributed by atoms with Crippen LogP contribution in [0, 0.1) is 0 Å². The van der Waals surface area contributed by atoms with Gasteiger partial charge < -0.3 is 25.0 Å². The maximum Gasteiger partial charge on any atom is 0.193 e. The first-order chi connectivity index (χ1) is 11.8. The molecule has 0 aromatic heterocycles. The number of nitrogens with one attached hydrogen (secondary N) is 1. The van der Waals surface area contributed by atoms with Crippen LogP contribution in [-0.4, -0.2) is 69.0 Å². The average molecular weight is 462 g/mol. The van der Waals surface area contributed by atoms with Gasteiger partial charge in [-0.05, 0) is 18.6 Å². The van der Waals surface area contributed by atoms with Crippen molar-refractivity contribution < 1.29 is 9.84 Å². The summed E-state index contributed by atoms with van der Waals surface area (Å²) in [6.07, 6.45) is 2.28. The molecule has 0 amide bonds. The molecule has 25 heavy (non-hydrogen) atoms. The van der Waals surface area contributed by atoms with Gasteiger partial charge in [0.15, 0.2) is 5.96 Å². The number of para-hydroxylation sites is 2. The van der Waals surface area contributed by atoms with Gasteiger partial charge in [0.1, 0.15) is 5.75 Å². The molecule has 6 nitrogen and oxygen atoms in total. The lowest BCUT2D eigenvalue weighted by Crippen LogP contribution is -2.53. The summed E-state index contributed by atoms with van der Waals surface area (Å²) in [6, 6.07) is 7.51. The molecule has 0 unspecified atom stereocenters. The van der Waals surface area contributed by atoms with E-state index in [1.54, 1.807) is 6.07 Å². The van der Waals surface area contributed by atoms with Crippen LogP contribution in [0.2, 0.25) is 0 Å². The number of phenolic OH excluding ortho intramolecular Hbond substituents is 1. The van der Waals surface area contributed by atoms with Crippen molar-refractivity contribution in [3.8, 4) is 5.75 Å². The summed E-state index contributed by atoms with van der Waals surface area (Å²) >= 11 is 0. The lowest BCUT2D eigenvalue weighted by molar-refractivity contribution is 0.135. The number of phenols is 1. The van der Waals surface area contributed by atoms with Gasteiger partial charge in [0.2, 0.25) is 0 Å². The standard InChI is InChI=1S/C18H30N4O2.HI/c1-3-4-14-24-15-9-20-18(19-2)22-12-10-21(11-13-22)16-7-5-6-8-17(16)23;/h5-8,23H,3-4,9-15H2,1-2H3,(H,19,20);1H.